The molecule has 0 aliphatic carbocycles. The first-order valence-corrected chi connectivity index (χ1v) is 10.6. The number of hydrogen-bond acceptors (Lipinski definition) is 0. The summed E-state index contributed by atoms with van der Waals surface area (Å²) in [5.41, 5.74) is 4.87. The van der Waals surface area contributed by atoms with Gasteiger partial charge < -0.3 is 0 Å². The number of halogens is 3. The summed E-state index contributed by atoms with van der Waals surface area (Å²) in [6.07, 6.45) is 0. The van der Waals surface area contributed by atoms with Crippen LogP contribution in [0.3, 0.4) is 0 Å². The normalized spacial score (nSPS) is 11.1. The van der Waals surface area contributed by atoms with E-state index in [-0.39, 0.29) is 0 Å². The van der Waals surface area contributed by atoms with E-state index in [1.54, 1.807) is 5.70 Å². The molecule has 2 aromatic carbocycles. The third-order valence-corrected chi connectivity index (χ3v) is 4.08. The second kappa shape index (κ2) is 5.94. The van der Waals surface area contributed by atoms with E-state index in [4.69, 9.17) is 33.2 Å². The van der Waals surface area contributed by atoms with Crippen molar-refractivity contribution in [2.45, 2.75) is 0 Å². The van der Waals surface area contributed by atoms with Gasteiger partial charge in [0.2, 0.25) is 0 Å². The molecule has 0 heterocycles. The Kier molecular flexibility index (Phi) is 4.52. The molecule has 0 radical (unpaired) electrons. The standard InChI is InChI=1S/C14H11Cl3Si/c15-18(16,17)11-14(12-7-3-1-4-8-12)13-9-5-2-6-10-13/h1-11H. The molecule has 0 atom stereocenters. The van der Waals surface area contributed by atoms with E-state index in [0.717, 1.165) is 16.7 Å². The Morgan fingerprint density at radius 1 is 0.722 bits per heavy atom. The van der Waals surface area contributed by atoms with Crippen LogP contribution in [0.25, 0.3) is 5.57 Å². The van der Waals surface area contributed by atoms with Gasteiger partial charge in [-0.3, -0.25) is 0 Å². The first-order valence-electron chi connectivity index (χ1n) is 5.47. The average Bonchev–Trinajstić information content (AvgIpc) is 2.37. The highest BCUT2D eigenvalue weighted by atomic mass is 35.8. The van der Waals surface area contributed by atoms with Crippen molar-refractivity contribution in [1.82, 2.24) is 0 Å². The van der Waals surface area contributed by atoms with Gasteiger partial charge in [-0.1, -0.05) is 60.7 Å². The fourth-order valence-electron chi connectivity index (χ4n) is 1.73. The molecule has 0 N–H and O–H groups in total. The van der Waals surface area contributed by atoms with E-state index < -0.39 is 6.00 Å². The van der Waals surface area contributed by atoms with Crippen LogP contribution in [-0.4, -0.2) is 6.00 Å². The van der Waals surface area contributed by atoms with Crippen LogP contribution in [0.15, 0.2) is 66.4 Å². The molecule has 0 bridgehead atoms. The summed E-state index contributed by atoms with van der Waals surface area (Å²) in [5.74, 6) is 0. The summed E-state index contributed by atoms with van der Waals surface area (Å²) < 4.78 is 0. The monoisotopic (exact) mass is 312 g/mol. The van der Waals surface area contributed by atoms with Crippen LogP contribution in [0.5, 0.6) is 0 Å². The highest BCUT2D eigenvalue weighted by Crippen LogP contribution is 2.30. The predicted molar refractivity (Wildman–Crippen MR) is 83.3 cm³/mol. The van der Waals surface area contributed by atoms with E-state index >= 15 is 0 Å². The van der Waals surface area contributed by atoms with Gasteiger partial charge in [0.05, 0.1) is 0 Å². The van der Waals surface area contributed by atoms with Gasteiger partial charge in [0.25, 0.3) is 0 Å². The van der Waals surface area contributed by atoms with Crippen molar-refractivity contribution < 1.29 is 0 Å². The summed E-state index contributed by atoms with van der Waals surface area (Å²) in [6, 6.07) is 17.1. The van der Waals surface area contributed by atoms with Crippen LogP contribution in [0.2, 0.25) is 0 Å². The molecule has 0 saturated heterocycles. The van der Waals surface area contributed by atoms with E-state index in [9.17, 15) is 0 Å². The van der Waals surface area contributed by atoms with Gasteiger partial charge in [-0.05, 0) is 22.4 Å². The van der Waals surface area contributed by atoms with Gasteiger partial charge in [0, 0.05) is 0 Å². The second-order valence-electron chi connectivity index (χ2n) is 3.83. The molecule has 0 fully saturated rings. The number of rotatable bonds is 3. The number of benzene rings is 2. The lowest BCUT2D eigenvalue weighted by Gasteiger charge is -2.11. The second-order valence-corrected chi connectivity index (χ2v) is 12.3. The maximum Gasteiger partial charge on any atom is 0.366 e. The largest absolute Gasteiger partial charge is 0.366 e. The Morgan fingerprint density at radius 2 is 1.11 bits per heavy atom. The topological polar surface area (TPSA) is 0 Å². The minimum Gasteiger partial charge on any atom is -0.121 e. The minimum atomic E-state index is -2.83. The van der Waals surface area contributed by atoms with Gasteiger partial charge in [-0.15, -0.1) is 33.2 Å². The minimum absolute atomic E-state index is 0.975. The molecule has 0 aliphatic heterocycles. The van der Waals surface area contributed by atoms with E-state index in [2.05, 4.69) is 0 Å². The van der Waals surface area contributed by atoms with Crippen molar-refractivity contribution in [3.63, 3.8) is 0 Å². The van der Waals surface area contributed by atoms with Crippen molar-refractivity contribution in [1.29, 1.82) is 0 Å². The highest BCUT2D eigenvalue weighted by molar-refractivity contribution is 7.66. The molecule has 18 heavy (non-hydrogen) atoms. The molecule has 0 saturated carbocycles. The highest BCUT2D eigenvalue weighted by Gasteiger charge is 2.23. The summed E-state index contributed by atoms with van der Waals surface area (Å²) in [4.78, 5) is 0. The van der Waals surface area contributed by atoms with Gasteiger partial charge >= 0.3 is 6.00 Å². The maximum absolute atomic E-state index is 6.02. The molecule has 0 spiro atoms. The predicted octanol–water partition coefficient (Wildman–Crippen LogP) is 5.31. The first-order chi connectivity index (χ1) is 8.56. The molecular weight excluding hydrogens is 303 g/mol. The van der Waals surface area contributed by atoms with Crippen molar-refractivity contribution >= 4 is 44.8 Å². The van der Waals surface area contributed by atoms with Gasteiger partial charge in [0.15, 0.2) is 0 Å². The summed E-state index contributed by atoms with van der Waals surface area (Å²) >= 11 is 18.1. The molecule has 2 rings (SSSR count). The molecule has 0 unspecified atom stereocenters. The lowest BCUT2D eigenvalue weighted by molar-refractivity contribution is 1.55. The van der Waals surface area contributed by atoms with Gasteiger partial charge in [0.1, 0.15) is 0 Å². The Hall–Kier alpha value is -0.733. The molecule has 0 amide bonds. The van der Waals surface area contributed by atoms with Crippen LogP contribution < -0.4 is 0 Å². The maximum atomic E-state index is 6.02. The molecule has 4 heteroatoms. The van der Waals surface area contributed by atoms with E-state index in [1.165, 1.54) is 0 Å². The number of hydrogen-bond donors (Lipinski definition) is 0. The van der Waals surface area contributed by atoms with Gasteiger partial charge in [-0.25, -0.2) is 0 Å². The quantitative estimate of drug-likeness (QED) is 0.532. The third kappa shape index (κ3) is 3.89. The van der Waals surface area contributed by atoms with Crippen LogP contribution in [0.4, 0.5) is 0 Å². The molecule has 2 aromatic rings. The van der Waals surface area contributed by atoms with Crippen molar-refractivity contribution in [3.05, 3.63) is 77.5 Å². The smallest absolute Gasteiger partial charge is 0.121 e. The van der Waals surface area contributed by atoms with E-state index in [0.29, 0.717) is 0 Å². The molecule has 0 nitrogen and oxygen atoms in total. The van der Waals surface area contributed by atoms with Crippen LogP contribution in [-0.2, 0) is 0 Å². The zero-order valence-electron chi connectivity index (χ0n) is 9.48. The third-order valence-electron chi connectivity index (χ3n) is 2.48. The first kappa shape index (κ1) is 13.7. The zero-order valence-corrected chi connectivity index (χ0v) is 12.8. The van der Waals surface area contributed by atoms with Gasteiger partial charge in [-0.2, -0.15) is 0 Å². The van der Waals surface area contributed by atoms with Crippen LogP contribution >= 0.6 is 33.2 Å². The Bertz CT molecular complexity index is 488. The van der Waals surface area contributed by atoms with Crippen LogP contribution in [0, 0.1) is 0 Å². The molecule has 0 aromatic heterocycles. The lowest BCUT2D eigenvalue weighted by Crippen LogP contribution is -2.06. The molecular formula is C14H11Cl3Si. The van der Waals surface area contributed by atoms with Crippen molar-refractivity contribution in [2.75, 3.05) is 0 Å². The van der Waals surface area contributed by atoms with E-state index in [1.807, 2.05) is 60.7 Å². The lowest BCUT2D eigenvalue weighted by atomic mass is 10.00. The Labute approximate surface area is 122 Å². The molecule has 92 valence electrons. The fourth-order valence-corrected chi connectivity index (χ4v) is 3.38. The van der Waals surface area contributed by atoms with Crippen molar-refractivity contribution in [3.8, 4) is 0 Å². The fraction of sp³-hybridized carbons (Fsp3) is 0. The Balaban J connectivity index is 2.53. The summed E-state index contributed by atoms with van der Waals surface area (Å²) in [6.45, 7) is 0. The van der Waals surface area contributed by atoms with Crippen molar-refractivity contribution in [2.24, 2.45) is 0 Å². The Morgan fingerprint density at radius 3 is 1.44 bits per heavy atom. The zero-order chi connectivity index (χ0) is 13.0. The van der Waals surface area contributed by atoms with Crippen LogP contribution in [0.1, 0.15) is 11.1 Å². The summed E-state index contributed by atoms with van der Waals surface area (Å²) in [5, 5.41) is 0. The summed E-state index contributed by atoms with van der Waals surface area (Å²) in [7, 11) is 0. The molecule has 0 aliphatic rings. The average molecular weight is 314 g/mol. The SMILES string of the molecule is Cl[Si](Cl)(Cl)C=C(c1ccccc1)c1ccccc1.